The zero-order valence-electron chi connectivity index (χ0n) is 18.8. The molecular weight excluding hydrogens is 522 g/mol. The highest BCUT2D eigenvalue weighted by Crippen LogP contribution is 2.29. The Morgan fingerprint density at radius 1 is 0.970 bits per heavy atom. The number of carbonyl (C=O) groups excluding carboxylic acids is 2. The number of rotatable bonds is 11. The van der Waals surface area contributed by atoms with Gasteiger partial charge in [0.25, 0.3) is 0 Å². The lowest BCUT2D eigenvalue weighted by Crippen LogP contribution is -2.51. The van der Waals surface area contributed by atoms with Crippen LogP contribution in [-0.4, -0.2) is 34.6 Å². The van der Waals surface area contributed by atoms with Gasteiger partial charge in [-0.15, -0.1) is 11.8 Å². The second kappa shape index (κ2) is 13.7. The monoisotopic (exact) mass is 548 g/mol. The Balaban J connectivity index is 2.21. The third-order valence-electron chi connectivity index (χ3n) is 5.26. The van der Waals surface area contributed by atoms with E-state index in [-0.39, 0.29) is 30.2 Å². The summed E-state index contributed by atoms with van der Waals surface area (Å²) in [6.07, 6.45) is 1.29. The van der Waals surface area contributed by atoms with E-state index in [2.05, 4.69) is 5.32 Å². The maximum Gasteiger partial charge on any atom is 0.243 e. The summed E-state index contributed by atoms with van der Waals surface area (Å²) in [4.78, 5) is 27.9. The summed E-state index contributed by atoms with van der Waals surface area (Å²) < 4.78 is 0. The smallest absolute Gasteiger partial charge is 0.243 e. The Labute approximate surface area is 220 Å². The third kappa shape index (κ3) is 8.25. The van der Waals surface area contributed by atoms with Gasteiger partial charge in [0.05, 0.1) is 15.8 Å². The van der Waals surface area contributed by atoms with E-state index in [9.17, 15) is 9.59 Å². The van der Waals surface area contributed by atoms with Crippen LogP contribution in [0.2, 0.25) is 20.1 Å². The van der Waals surface area contributed by atoms with E-state index < -0.39 is 6.04 Å². The van der Waals surface area contributed by atoms with E-state index >= 15 is 0 Å². The van der Waals surface area contributed by atoms with Gasteiger partial charge in [0.15, 0.2) is 0 Å². The topological polar surface area (TPSA) is 49.4 Å². The van der Waals surface area contributed by atoms with Gasteiger partial charge >= 0.3 is 0 Å². The minimum atomic E-state index is -0.606. The zero-order valence-corrected chi connectivity index (χ0v) is 22.7. The Hall–Kier alpha value is -1.11. The molecular formula is C24H28Cl4N2O2S. The van der Waals surface area contributed by atoms with Crippen LogP contribution in [0.15, 0.2) is 36.4 Å². The van der Waals surface area contributed by atoms with Crippen molar-refractivity contribution in [1.82, 2.24) is 10.2 Å². The molecule has 0 aliphatic carbocycles. The van der Waals surface area contributed by atoms with Crippen LogP contribution >= 0.6 is 58.2 Å². The summed E-state index contributed by atoms with van der Waals surface area (Å²) in [7, 11) is 0. The standard InChI is InChI=1S/C24H28Cl4N2O2S/c1-4-15(3)29-24(32)22(5-2)30(12-16-9-10-20(27)21(28)11-16)23(31)14-33-13-17-18(25)7-6-8-19(17)26/h6-11,15,22H,4-5,12-14H2,1-3H3,(H,29,32)/t15-,22-/m1/s1. The molecule has 9 heteroatoms. The molecule has 1 N–H and O–H groups in total. The van der Waals surface area contributed by atoms with Crippen molar-refractivity contribution in [3.8, 4) is 0 Å². The van der Waals surface area contributed by atoms with Crippen LogP contribution in [0, 0.1) is 0 Å². The van der Waals surface area contributed by atoms with Crippen LogP contribution in [0.1, 0.15) is 44.7 Å². The molecule has 2 atom stereocenters. The summed E-state index contributed by atoms with van der Waals surface area (Å²) in [5, 5.41) is 4.97. The number of hydrogen-bond acceptors (Lipinski definition) is 3. The maximum absolute atomic E-state index is 13.3. The summed E-state index contributed by atoms with van der Waals surface area (Å²) >= 11 is 26.1. The summed E-state index contributed by atoms with van der Waals surface area (Å²) in [5.41, 5.74) is 1.59. The minimum absolute atomic E-state index is 0.0187. The van der Waals surface area contributed by atoms with E-state index in [1.54, 1.807) is 35.2 Å². The Kier molecular flexibility index (Phi) is 11.7. The van der Waals surface area contributed by atoms with Crippen LogP contribution in [0.4, 0.5) is 0 Å². The number of benzene rings is 2. The van der Waals surface area contributed by atoms with Crippen molar-refractivity contribution in [2.75, 3.05) is 5.75 Å². The largest absolute Gasteiger partial charge is 0.352 e. The van der Waals surface area contributed by atoms with E-state index in [1.807, 2.05) is 26.8 Å². The van der Waals surface area contributed by atoms with Gasteiger partial charge in [0.2, 0.25) is 11.8 Å². The number of nitrogens with one attached hydrogen (secondary N) is 1. The van der Waals surface area contributed by atoms with Gasteiger partial charge in [-0.3, -0.25) is 9.59 Å². The quantitative estimate of drug-likeness (QED) is 0.321. The van der Waals surface area contributed by atoms with Gasteiger partial charge in [0.1, 0.15) is 6.04 Å². The van der Waals surface area contributed by atoms with Crippen molar-refractivity contribution in [3.05, 3.63) is 67.6 Å². The molecule has 2 aromatic carbocycles. The highest BCUT2D eigenvalue weighted by Gasteiger charge is 2.29. The van der Waals surface area contributed by atoms with Crippen LogP contribution in [0.25, 0.3) is 0 Å². The van der Waals surface area contributed by atoms with Crippen molar-refractivity contribution in [3.63, 3.8) is 0 Å². The summed E-state index contributed by atoms with van der Waals surface area (Å²) in [6, 6.07) is 9.96. The van der Waals surface area contributed by atoms with Crippen molar-refractivity contribution in [1.29, 1.82) is 0 Å². The normalized spacial score (nSPS) is 12.8. The lowest BCUT2D eigenvalue weighted by Gasteiger charge is -2.31. The fourth-order valence-electron chi connectivity index (χ4n) is 3.19. The van der Waals surface area contributed by atoms with Gasteiger partial charge in [-0.1, -0.05) is 72.4 Å². The molecule has 2 amide bonds. The van der Waals surface area contributed by atoms with Crippen molar-refractivity contribution >= 4 is 70.0 Å². The molecule has 0 bridgehead atoms. The number of thioether (sulfide) groups is 1. The Bertz CT molecular complexity index is 953. The number of halogens is 4. The molecule has 0 unspecified atom stereocenters. The fraction of sp³-hybridized carbons (Fsp3) is 0.417. The van der Waals surface area contributed by atoms with Crippen LogP contribution in [-0.2, 0) is 21.9 Å². The number of nitrogens with zero attached hydrogens (tertiary/aromatic N) is 1. The summed E-state index contributed by atoms with van der Waals surface area (Å²) in [5.74, 6) is 0.344. The molecule has 0 spiro atoms. The molecule has 0 aromatic heterocycles. The fourth-order valence-corrected chi connectivity index (χ4v) is 5.16. The minimum Gasteiger partial charge on any atom is -0.352 e. The van der Waals surface area contributed by atoms with Crippen LogP contribution in [0.5, 0.6) is 0 Å². The first-order valence-electron chi connectivity index (χ1n) is 10.7. The molecule has 4 nitrogen and oxygen atoms in total. The average molecular weight is 550 g/mol. The number of amides is 2. The zero-order chi connectivity index (χ0) is 24.5. The van der Waals surface area contributed by atoms with Crippen LogP contribution in [0.3, 0.4) is 0 Å². The molecule has 180 valence electrons. The molecule has 0 saturated carbocycles. The van der Waals surface area contributed by atoms with E-state index in [0.717, 1.165) is 17.5 Å². The van der Waals surface area contributed by atoms with Crippen molar-refractivity contribution in [2.45, 2.75) is 58.0 Å². The molecule has 2 rings (SSSR count). The number of hydrogen-bond donors (Lipinski definition) is 1. The van der Waals surface area contributed by atoms with Gasteiger partial charge in [-0.25, -0.2) is 0 Å². The predicted molar refractivity (Wildman–Crippen MR) is 142 cm³/mol. The highest BCUT2D eigenvalue weighted by molar-refractivity contribution is 7.99. The highest BCUT2D eigenvalue weighted by atomic mass is 35.5. The van der Waals surface area contributed by atoms with Gasteiger partial charge < -0.3 is 10.2 Å². The first-order chi connectivity index (χ1) is 15.7. The lowest BCUT2D eigenvalue weighted by molar-refractivity contribution is -0.139. The summed E-state index contributed by atoms with van der Waals surface area (Å²) in [6.45, 7) is 6.09. The molecule has 33 heavy (non-hydrogen) atoms. The Morgan fingerprint density at radius 3 is 2.21 bits per heavy atom. The molecule has 0 saturated heterocycles. The van der Waals surface area contributed by atoms with Crippen molar-refractivity contribution < 1.29 is 9.59 Å². The first kappa shape index (κ1) is 28.1. The van der Waals surface area contributed by atoms with Gasteiger partial charge in [0, 0.05) is 28.4 Å². The Morgan fingerprint density at radius 2 is 1.64 bits per heavy atom. The number of carbonyl (C=O) groups is 2. The van der Waals surface area contributed by atoms with E-state index in [4.69, 9.17) is 46.4 Å². The molecule has 0 aliphatic heterocycles. The van der Waals surface area contributed by atoms with Gasteiger partial charge in [-0.2, -0.15) is 0 Å². The second-order valence-corrected chi connectivity index (χ2v) is 10.3. The molecule has 2 aromatic rings. The van der Waals surface area contributed by atoms with Crippen LogP contribution < -0.4 is 5.32 Å². The molecule has 0 aliphatic rings. The molecule has 0 fully saturated rings. The molecule has 0 heterocycles. The van der Waals surface area contributed by atoms with E-state index in [0.29, 0.717) is 32.3 Å². The second-order valence-electron chi connectivity index (χ2n) is 7.71. The van der Waals surface area contributed by atoms with Crippen molar-refractivity contribution in [2.24, 2.45) is 0 Å². The average Bonchev–Trinajstić information content (AvgIpc) is 2.77. The predicted octanol–water partition coefficient (Wildman–Crippen LogP) is 7.26. The lowest BCUT2D eigenvalue weighted by atomic mass is 10.1. The van der Waals surface area contributed by atoms with Gasteiger partial charge in [-0.05, 0) is 55.2 Å². The first-order valence-corrected chi connectivity index (χ1v) is 13.4. The third-order valence-corrected chi connectivity index (χ3v) is 7.65. The molecule has 0 radical (unpaired) electrons. The SMILES string of the molecule is CC[C@@H](C)NC(=O)[C@@H](CC)N(Cc1ccc(Cl)c(Cl)c1)C(=O)CSCc1c(Cl)cccc1Cl. The van der Waals surface area contributed by atoms with E-state index in [1.165, 1.54) is 11.8 Å². The maximum atomic E-state index is 13.3.